The third-order valence-corrected chi connectivity index (χ3v) is 3.93. The average Bonchev–Trinajstić information content (AvgIpc) is 2.36. The van der Waals surface area contributed by atoms with Gasteiger partial charge < -0.3 is 5.32 Å². The molecule has 108 valence electrons. The molecule has 0 fully saturated rings. The zero-order valence-electron chi connectivity index (χ0n) is 12.4. The zero-order chi connectivity index (χ0) is 14.5. The first-order chi connectivity index (χ1) is 8.90. The Labute approximate surface area is 115 Å². The van der Waals surface area contributed by atoms with Crippen LogP contribution in [0.1, 0.15) is 46.1 Å². The van der Waals surface area contributed by atoms with Crippen LogP contribution >= 0.6 is 0 Å². The topological polar surface area (TPSA) is 12.0 Å². The Bertz CT molecular complexity index is 402. The fourth-order valence-corrected chi connectivity index (χ4v) is 2.10. The standard InChI is InChI=1S/C16H25F2N/c1-5-9-19-15(16(3,4)6-2)10-12-7-8-13(17)11-14(12)18/h7-8,11,15,19H,5-6,9-10H2,1-4H3. The minimum Gasteiger partial charge on any atom is -0.313 e. The van der Waals surface area contributed by atoms with Crippen molar-refractivity contribution in [2.75, 3.05) is 6.54 Å². The SMILES string of the molecule is CCCNC(Cc1ccc(F)cc1F)C(C)(C)CC. The molecule has 0 saturated carbocycles. The van der Waals surface area contributed by atoms with Gasteiger partial charge in [0.05, 0.1) is 0 Å². The minimum absolute atomic E-state index is 0.0794. The number of hydrogen-bond acceptors (Lipinski definition) is 1. The molecule has 0 heterocycles. The molecule has 0 amide bonds. The van der Waals surface area contributed by atoms with Crippen molar-refractivity contribution in [3.8, 4) is 0 Å². The van der Waals surface area contributed by atoms with E-state index >= 15 is 0 Å². The molecule has 1 N–H and O–H groups in total. The maximum Gasteiger partial charge on any atom is 0.129 e. The zero-order valence-corrected chi connectivity index (χ0v) is 12.4. The van der Waals surface area contributed by atoms with Crippen molar-refractivity contribution in [3.05, 3.63) is 35.4 Å². The fraction of sp³-hybridized carbons (Fsp3) is 0.625. The van der Waals surface area contributed by atoms with Gasteiger partial charge in [-0.15, -0.1) is 0 Å². The summed E-state index contributed by atoms with van der Waals surface area (Å²) in [7, 11) is 0. The second-order valence-corrected chi connectivity index (χ2v) is 5.79. The summed E-state index contributed by atoms with van der Waals surface area (Å²) in [4.78, 5) is 0. The average molecular weight is 269 g/mol. The summed E-state index contributed by atoms with van der Waals surface area (Å²) in [6.07, 6.45) is 2.65. The highest BCUT2D eigenvalue weighted by Crippen LogP contribution is 2.28. The van der Waals surface area contributed by atoms with Gasteiger partial charge in [0.25, 0.3) is 0 Å². The van der Waals surface area contributed by atoms with Crippen LogP contribution in [0.25, 0.3) is 0 Å². The van der Waals surface area contributed by atoms with Crippen molar-refractivity contribution >= 4 is 0 Å². The molecule has 0 aliphatic carbocycles. The molecular weight excluding hydrogens is 244 g/mol. The van der Waals surface area contributed by atoms with E-state index in [0.29, 0.717) is 12.0 Å². The second kappa shape index (κ2) is 6.99. The van der Waals surface area contributed by atoms with Gasteiger partial charge in [-0.25, -0.2) is 8.78 Å². The molecular formula is C16H25F2N. The van der Waals surface area contributed by atoms with E-state index in [2.05, 4.69) is 33.0 Å². The van der Waals surface area contributed by atoms with Crippen LogP contribution in [0, 0.1) is 17.0 Å². The first kappa shape index (κ1) is 16.1. The lowest BCUT2D eigenvalue weighted by Crippen LogP contribution is -2.43. The Kier molecular flexibility index (Phi) is 5.92. The molecule has 1 aromatic rings. The number of rotatable bonds is 7. The molecule has 1 nitrogen and oxygen atoms in total. The molecule has 0 radical (unpaired) electrons. The highest BCUT2D eigenvalue weighted by atomic mass is 19.1. The van der Waals surface area contributed by atoms with E-state index in [0.717, 1.165) is 25.5 Å². The largest absolute Gasteiger partial charge is 0.313 e. The van der Waals surface area contributed by atoms with Crippen LogP contribution in [0.15, 0.2) is 18.2 Å². The molecule has 0 spiro atoms. The van der Waals surface area contributed by atoms with Crippen LogP contribution in [0.2, 0.25) is 0 Å². The van der Waals surface area contributed by atoms with E-state index in [1.807, 2.05) is 0 Å². The van der Waals surface area contributed by atoms with Gasteiger partial charge in [0.15, 0.2) is 0 Å². The minimum atomic E-state index is -0.519. The van der Waals surface area contributed by atoms with Crippen molar-refractivity contribution in [1.82, 2.24) is 5.32 Å². The molecule has 0 aliphatic heterocycles. The molecule has 0 aliphatic rings. The lowest BCUT2D eigenvalue weighted by atomic mass is 9.79. The Balaban J connectivity index is 2.87. The summed E-state index contributed by atoms with van der Waals surface area (Å²) in [5.41, 5.74) is 0.659. The smallest absolute Gasteiger partial charge is 0.129 e. The van der Waals surface area contributed by atoms with Gasteiger partial charge in [0.1, 0.15) is 11.6 Å². The van der Waals surface area contributed by atoms with E-state index in [1.54, 1.807) is 6.07 Å². The van der Waals surface area contributed by atoms with Gasteiger partial charge in [-0.05, 0) is 42.9 Å². The summed E-state index contributed by atoms with van der Waals surface area (Å²) >= 11 is 0. The van der Waals surface area contributed by atoms with Gasteiger partial charge in [-0.3, -0.25) is 0 Å². The first-order valence-electron chi connectivity index (χ1n) is 7.08. The molecule has 1 atom stereocenters. The number of benzene rings is 1. The normalized spacial score (nSPS) is 13.6. The van der Waals surface area contributed by atoms with Crippen molar-refractivity contribution in [2.24, 2.45) is 5.41 Å². The summed E-state index contributed by atoms with van der Waals surface area (Å²) in [5.74, 6) is -0.968. The lowest BCUT2D eigenvalue weighted by Gasteiger charge is -2.34. The molecule has 0 bridgehead atoms. The molecule has 0 saturated heterocycles. The molecule has 1 unspecified atom stereocenters. The van der Waals surface area contributed by atoms with Gasteiger partial charge in [0.2, 0.25) is 0 Å². The lowest BCUT2D eigenvalue weighted by molar-refractivity contribution is 0.229. The van der Waals surface area contributed by atoms with E-state index in [-0.39, 0.29) is 11.5 Å². The summed E-state index contributed by atoms with van der Waals surface area (Å²) < 4.78 is 26.7. The number of nitrogens with one attached hydrogen (secondary N) is 1. The van der Waals surface area contributed by atoms with Crippen LogP contribution in [-0.4, -0.2) is 12.6 Å². The van der Waals surface area contributed by atoms with E-state index in [1.165, 1.54) is 6.07 Å². The number of hydrogen-bond donors (Lipinski definition) is 1. The summed E-state index contributed by atoms with van der Waals surface area (Å²) in [5, 5.41) is 3.49. The van der Waals surface area contributed by atoms with E-state index in [4.69, 9.17) is 0 Å². The van der Waals surface area contributed by atoms with E-state index in [9.17, 15) is 8.78 Å². The maximum absolute atomic E-state index is 13.8. The van der Waals surface area contributed by atoms with Crippen LogP contribution in [0.5, 0.6) is 0 Å². The summed E-state index contributed by atoms with van der Waals surface area (Å²) in [6, 6.07) is 4.04. The van der Waals surface area contributed by atoms with Crippen LogP contribution in [-0.2, 0) is 6.42 Å². The third-order valence-electron chi connectivity index (χ3n) is 3.93. The van der Waals surface area contributed by atoms with Crippen LogP contribution in [0.4, 0.5) is 8.78 Å². The quantitative estimate of drug-likeness (QED) is 0.777. The van der Waals surface area contributed by atoms with E-state index < -0.39 is 11.6 Å². The summed E-state index contributed by atoms with van der Waals surface area (Å²) in [6.45, 7) is 9.53. The van der Waals surface area contributed by atoms with Crippen LogP contribution in [0.3, 0.4) is 0 Å². The molecule has 0 aromatic heterocycles. The van der Waals surface area contributed by atoms with Crippen molar-refractivity contribution in [1.29, 1.82) is 0 Å². The third kappa shape index (κ3) is 4.57. The van der Waals surface area contributed by atoms with Crippen molar-refractivity contribution < 1.29 is 8.78 Å². The Morgan fingerprint density at radius 3 is 2.42 bits per heavy atom. The first-order valence-corrected chi connectivity index (χ1v) is 7.08. The van der Waals surface area contributed by atoms with Gasteiger partial charge in [0, 0.05) is 12.1 Å². The highest BCUT2D eigenvalue weighted by Gasteiger charge is 2.28. The van der Waals surface area contributed by atoms with Crippen molar-refractivity contribution in [3.63, 3.8) is 0 Å². The fourth-order valence-electron chi connectivity index (χ4n) is 2.10. The Morgan fingerprint density at radius 1 is 1.21 bits per heavy atom. The predicted molar refractivity (Wildman–Crippen MR) is 76.2 cm³/mol. The highest BCUT2D eigenvalue weighted by molar-refractivity contribution is 5.20. The van der Waals surface area contributed by atoms with Gasteiger partial charge >= 0.3 is 0 Å². The Hall–Kier alpha value is -0.960. The molecule has 1 rings (SSSR count). The van der Waals surface area contributed by atoms with Gasteiger partial charge in [-0.1, -0.05) is 33.8 Å². The Morgan fingerprint density at radius 2 is 1.89 bits per heavy atom. The number of halogens is 2. The molecule has 3 heteroatoms. The monoisotopic (exact) mass is 269 g/mol. The molecule has 19 heavy (non-hydrogen) atoms. The maximum atomic E-state index is 13.8. The predicted octanol–water partition coefficient (Wildman–Crippen LogP) is 4.31. The van der Waals surface area contributed by atoms with Gasteiger partial charge in [-0.2, -0.15) is 0 Å². The van der Waals surface area contributed by atoms with Crippen molar-refractivity contribution in [2.45, 2.75) is 53.0 Å². The second-order valence-electron chi connectivity index (χ2n) is 5.79. The molecule has 1 aromatic carbocycles. The van der Waals surface area contributed by atoms with Crippen LogP contribution < -0.4 is 5.32 Å².